The molecule has 2 aliphatic carbocycles. The van der Waals surface area contributed by atoms with Gasteiger partial charge in [0, 0.05) is 12.1 Å². The molecule has 2 atom stereocenters. The van der Waals surface area contributed by atoms with E-state index in [0.717, 1.165) is 32.1 Å². The molecule has 2 amide bonds. The SMILES string of the molecule is C[C@H]1CCCC[C@@H]1NC(=O)C(=O)NC1CC1. The third kappa shape index (κ3) is 2.97. The minimum Gasteiger partial charge on any atom is -0.345 e. The van der Waals surface area contributed by atoms with E-state index in [-0.39, 0.29) is 12.1 Å². The Morgan fingerprint density at radius 1 is 0.938 bits per heavy atom. The zero-order chi connectivity index (χ0) is 11.5. The van der Waals surface area contributed by atoms with Crippen LogP contribution in [0.5, 0.6) is 0 Å². The van der Waals surface area contributed by atoms with E-state index < -0.39 is 11.8 Å². The van der Waals surface area contributed by atoms with Crippen molar-refractivity contribution < 1.29 is 9.59 Å². The topological polar surface area (TPSA) is 58.2 Å². The molecule has 2 aliphatic rings. The molecule has 16 heavy (non-hydrogen) atoms. The second-order valence-electron chi connectivity index (χ2n) is 5.09. The summed E-state index contributed by atoms with van der Waals surface area (Å²) in [6.07, 6.45) is 6.57. The maximum atomic E-state index is 11.6. The van der Waals surface area contributed by atoms with Crippen molar-refractivity contribution in [2.75, 3.05) is 0 Å². The smallest absolute Gasteiger partial charge is 0.309 e. The second kappa shape index (κ2) is 4.85. The van der Waals surface area contributed by atoms with Crippen molar-refractivity contribution in [1.29, 1.82) is 0 Å². The van der Waals surface area contributed by atoms with Gasteiger partial charge in [-0.2, -0.15) is 0 Å². The second-order valence-corrected chi connectivity index (χ2v) is 5.09. The van der Waals surface area contributed by atoms with Crippen molar-refractivity contribution in [3.05, 3.63) is 0 Å². The van der Waals surface area contributed by atoms with Crippen LogP contribution in [0.4, 0.5) is 0 Å². The van der Waals surface area contributed by atoms with E-state index in [2.05, 4.69) is 17.6 Å². The lowest BCUT2D eigenvalue weighted by Gasteiger charge is -2.29. The molecule has 0 spiro atoms. The van der Waals surface area contributed by atoms with Crippen molar-refractivity contribution in [2.24, 2.45) is 5.92 Å². The number of nitrogens with one attached hydrogen (secondary N) is 2. The van der Waals surface area contributed by atoms with Crippen LogP contribution in [0, 0.1) is 5.92 Å². The summed E-state index contributed by atoms with van der Waals surface area (Å²) in [6, 6.07) is 0.438. The number of carbonyl (C=O) groups excluding carboxylic acids is 2. The van der Waals surface area contributed by atoms with Gasteiger partial charge in [0.15, 0.2) is 0 Å². The van der Waals surface area contributed by atoms with E-state index in [1.54, 1.807) is 0 Å². The average molecular weight is 224 g/mol. The highest BCUT2D eigenvalue weighted by molar-refractivity contribution is 6.35. The number of rotatable bonds is 2. The van der Waals surface area contributed by atoms with Crippen molar-refractivity contribution in [3.63, 3.8) is 0 Å². The van der Waals surface area contributed by atoms with Gasteiger partial charge in [-0.15, -0.1) is 0 Å². The highest BCUT2D eigenvalue weighted by Gasteiger charge is 2.29. The predicted octanol–water partition coefficient (Wildman–Crippen LogP) is 0.960. The molecule has 0 radical (unpaired) electrons. The summed E-state index contributed by atoms with van der Waals surface area (Å²) in [5.74, 6) is -0.419. The van der Waals surface area contributed by atoms with Crippen LogP contribution in [0.25, 0.3) is 0 Å². The molecule has 2 fully saturated rings. The van der Waals surface area contributed by atoms with Gasteiger partial charge in [0.1, 0.15) is 0 Å². The van der Waals surface area contributed by atoms with Gasteiger partial charge < -0.3 is 10.6 Å². The summed E-state index contributed by atoms with van der Waals surface area (Å²) in [6.45, 7) is 2.14. The number of hydrogen-bond acceptors (Lipinski definition) is 2. The normalized spacial score (nSPS) is 29.6. The third-order valence-corrected chi connectivity index (χ3v) is 3.55. The molecule has 90 valence electrons. The molecule has 0 aromatic rings. The summed E-state index contributed by atoms with van der Waals surface area (Å²) in [5, 5.41) is 5.56. The van der Waals surface area contributed by atoms with Gasteiger partial charge in [0.05, 0.1) is 0 Å². The van der Waals surface area contributed by atoms with E-state index >= 15 is 0 Å². The minimum atomic E-state index is -0.458. The lowest BCUT2D eigenvalue weighted by atomic mass is 9.86. The Kier molecular flexibility index (Phi) is 3.46. The van der Waals surface area contributed by atoms with E-state index in [4.69, 9.17) is 0 Å². The Bertz CT molecular complexity index is 287. The summed E-state index contributed by atoms with van der Waals surface area (Å²) >= 11 is 0. The molecule has 0 heterocycles. The number of carbonyl (C=O) groups is 2. The first-order valence-electron chi connectivity index (χ1n) is 6.28. The maximum absolute atomic E-state index is 11.6. The van der Waals surface area contributed by atoms with E-state index in [9.17, 15) is 9.59 Å². The van der Waals surface area contributed by atoms with Crippen LogP contribution in [0.1, 0.15) is 45.4 Å². The highest BCUT2D eigenvalue weighted by atomic mass is 16.2. The molecule has 2 saturated carbocycles. The first-order valence-corrected chi connectivity index (χ1v) is 6.28. The van der Waals surface area contributed by atoms with Crippen LogP contribution >= 0.6 is 0 Å². The summed E-state index contributed by atoms with van der Waals surface area (Å²) in [7, 11) is 0. The third-order valence-electron chi connectivity index (χ3n) is 3.55. The summed E-state index contributed by atoms with van der Waals surface area (Å²) in [4.78, 5) is 23.0. The quantitative estimate of drug-likeness (QED) is 0.686. The van der Waals surface area contributed by atoms with Gasteiger partial charge in [-0.25, -0.2) is 0 Å². The van der Waals surface area contributed by atoms with Crippen LogP contribution in [-0.4, -0.2) is 23.9 Å². The van der Waals surface area contributed by atoms with Gasteiger partial charge >= 0.3 is 11.8 Å². The van der Waals surface area contributed by atoms with Gasteiger partial charge in [-0.3, -0.25) is 9.59 Å². The van der Waals surface area contributed by atoms with Gasteiger partial charge in [-0.05, 0) is 31.6 Å². The predicted molar refractivity (Wildman–Crippen MR) is 60.7 cm³/mol. The van der Waals surface area contributed by atoms with Crippen molar-refractivity contribution >= 4 is 11.8 Å². The fraction of sp³-hybridized carbons (Fsp3) is 0.833. The van der Waals surface area contributed by atoms with Crippen LogP contribution in [0.2, 0.25) is 0 Å². The van der Waals surface area contributed by atoms with E-state index in [0.29, 0.717) is 5.92 Å². The Labute approximate surface area is 96.2 Å². The maximum Gasteiger partial charge on any atom is 0.309 e. The van der Waals surface area contributed by atoms with Crippen LogP contribution < -0.4 is 10.6 Å². The molecule has 0 aromatic carbocycles. The Morgan fingerprint density at radius 2 is 1.56 bits per heavy atom. The average Bonchev–Trinajstić information content (AvgIpc) is 3.05. The minimum absolute atomic E-state index is 0.186. The number of amides is 2. The lowest BCUT2D eigenvalue weighted by molar-refractivity contribution is -0.140. The van der Waals surface area contributed by atoms with E-state index in [1.807, 2.05) is 0 Å². The summed E-state index contributed by atoms with van der Waals surface area (Å²) < 4.78 is 0. The van der Waals surface area contributed by atoms with E-state index in [1.165, 1.54) is 6.42 Å². The highest BCUT2D eigenvalue weighted by Crippen LogP contribution is 2.23. The van der Waals surface area contributed by atoms with Crippen LogP contribution in [-0.2, 0) is 9.59 Å². The molecular formula is C12H20N2O2. The standard InChI is InChI=1S/C12H20N2O2/c1-8-4-2-3-5-10(8)14-12(16)11(15)13-9-6-7-9/h8-10H,2-7H2,1H3,(H,13,15)(H,14,16)/t8-,10-/m0/s1. The van der Waals surface area contributed by atoms with Crippen LogP contribution in [0.15, 0.2) is 0 Å². The zero-order valence-corrected chi connectivity index (χ0v) is 9.79. The number of hydrogen-bond donors (Lipinski definition) is 2. The van der Waals surface area contributed by atoms with Gasteiger partial charge in [0.2, 0.25) is 0 Å². The molecule has 0 bridgehead atoms. The van der Waals surface area contributed by atoms with Gasteiger partial charge in [-0.1, -0.05) is 19.8 Å². The molecule has 0 unspecified atom stereocenters. The molecule has 4 nitrogen and oxygen atoms in total. The summed E-state index contributed by atoms with van der Waals surface area (Å²) in [5.41, 5.74) is 0. The lowest BCUT2D eigenvalue weighted by Crippen LogP contribution is -2.48. The fourth-order valence-electron chi connectivity index (χ4n) is 2.24. The molecule has 2 N–H and O–H groups in total. The van der Waals surface area contributed by atoms with Crippen LogP contribution in [0.3, 0.4) is 0 Å². The molecule has 0 saturated heterocycles. The van der Waals surface area contributed by atoms with Crippen molar-refractivity contribution in [2.45, 2.75) is 57.5 Å². The zero-order valence-electron chi connectivity index (χ0n) is 9.79. The van der Waals surface area contributed by atoms with Crippen molar-refractivity contribution in [1.82, 2.24) is 10.6 Å². The fourth-order valence-corrected chi connectivity index (χ4v) is 2.24. The Morgan fingerprint density at radius 3 is 2.19 bits per heavy atom. The first kappa shape index (κ1) is 11.4. The molecular weight excluding hydrogens is 204 g/mol. The monoisotopic (exact) mass is 224 g/mol. The van der Waals surface area contributed by atoms with Gasteiger partial charge in [0.25, 0.3) is 0 Å². The molecule has 2 rings (SSSR count). The first-order chi connectivity index (χ1) is 7.66. The molecule has 0 aliphatic heterocycles. The largest absolute Gasteiger partial charge is 0.345 e. The Balaban J connectivity index is 1.78. The Hall–Kier alpha value is -1.06. The van der Waals surface area contributed by atoms with Crippen molar-refractivity contribution in [3.8, 4) is 0 Å². The molecule has 0 aromatic heterocycles. The molecule has 4 heteroatoms.